The first-order chi connectivity index (χ1) is 9.25. The topological polar surface area (TPSA) is 208 Å². The van der Waals surface area contributed by atoms with Crippen molar-refractivity contribution in [1.82, 2.24) is 19.8 Å². The quantitative estimate of drug-likeness (QED) is 0.501. The van der Waals surface area contributed by atoms with Crippen LogP contribution >= 0.6 is 0 Å². The molecule has 0 aliphatic heterocycles. The summed E-state index contributed by atoms with van der Waals surface area (Å²) in [6, 6.07) is 0. The van der Waals surface area contributed by atoms with Gasteiger partial charge in [0.05, 0.1) is 10.1 Å². The number of hydrogen-bond donors (Lipinski definition) is 0. The second-order valence-corrected chi connectivity index (χ2v) is 3.11. The number of nitro groups is 4. The summed E-state index contributed by atoms with van der Waals surface area (Å²) < 4.78 is 0. The fourth-order valence-corrected chi connectivity index (χ4v) is 1.44. The molecular formula is C4N8O8. The lowest BCUT2D eigenvalue weighted by Gasteiger charge is -1.91. The predicted molar refractivity (Wildman–Crippen MR) is 53.6 cm³/mol. The molecule has 0 spiro atoms. The highest BCUT2D eigenvalue weighted by Crippen LogP contribution is 2.31. The van der Waals surface area contributed by atoms with Crippen molar-refractivity contribution in [2.24, 2.45) is 0 Å². The van der Waals surface area contributed by atoms with Crippen LogP contribution in [0.1, 0.15) is 0 Å². The average Bonchev–Trinajstić information content (AvgIpc) is 2.83. The molecular weight excluding hydrogens is 288 g/mol. The van der Waals surface area contributed by atoms with E-state index in [0.717, 1.165) is 0 Å². The van der Waals surface area contributed by atoms with Crippen LogP contribution in [0.15, 0.2) is 0 Å². The molecule has 16 nitrogen and oxygen atoms in total. The number of aromatic nitrogens is 4. The molecule has 0 N–H and O–H groups in total. The Kier molecular flexibility index (Phi) is 2.48. The average molecular weight is 288 g/mol. The van der Waals surface area contributed by atoms with E-state index in [2.05, 4.69) is 10.2 Å². The van der Waals surface area contributed by atoms with Crippen LogP contribution in [-0.2, 0) is 0 Å². The lowest BCUT2D eigenvalue weighted by Crippen LogP contribution is -2.12. The van der Waals surface area contributed by atoms with E-state index in [1.807, 2.05) is 0 Å². The zero-order chi connectivity index (χ0) is 15.2. The summed E-state index contributed by atoms with van der Waals surface area (Å²) in [6.07, 6.45) is 0. The fraction of sp³-hybridized carbons (Fsp3) is 0. The van der Waals surface area contributed by atoms with Gasteiger partial charge in [0, 0.05) is 9.58 Å². The Morgan fingerprint density at radius 1 is 0.700 bits per heavy atom. The standard InChI is InChI=1S/C4N8O8/c13-9(14)3-1-2(8(5-3)12(19)20)4(10(15)16)6-7(1)11(17)18. The third kappa shape index (κ3) is 1.55. The Morgan fingerprint density at radius 2 is 1.00 bits per heavy atom. The van der Waals surface area contributed by atoms with Gasteiger partial charge in [0.25, 0.3) is 11.0 Å². The van der Waals surface area contributed by atoms with Gasteiger partial charge in [-0.05, 0) is 9.85 Å². The maximum absolute atomic E-state index is 10.7. The van der Waals surface area contributed by atoms with Crippen molar-refractivity contribution in [3.05, 3.63) is 40.5 Å². The molecule has 0 aliphatic rings. The molecule has 0 saturated heterocycles. The van der Waals surface area contributed by atoms with E-state index in [1.165, 1.54) is 0 Å². The molecule has 0 aromatic carbocycles. The third-order valence-corrected chi connectivity index (χ3v) is 2.08. The van der Waals surface area contributed by atoms with E-state index in [1.54, 1.807) is 0 Å². The van der Waals surface area contributed by atoms with E-state index in [0.29, 0.717) is 0 Å². The summed E-state index contributed by atoms with van der Waals surface area (Å²) in [6.45, 7) is 0. The molecule has 0 fully saturated rings. The Hall–Kier alpha value is -3.72. The van der Waals surface area contributed by atoms with Gasteiger partial charge in [-0.3, -0.25) is 0 Å². The van der Waals surface area contributed by atoms with Gasteiger partial charge in [0.15, 0.2) is 0 Å². The Morgan fingerprint density at radius 3 is 1.20 bits per heavy atom. The normalized spacial score (nSPS) is 10.6. The summed E-state index contributed by atoms with van der Waals surface area (Å²) in [7, 11) is 0. The molecule has 2 aromatic rings. The lowest BCUT2D eigenvalue weighted by atomic mass is 10.4. The minimum atomic E-state index is -1.31. The van der Waals surface area contributed by atoms with E-state index in [4.69, 9.17) is 0 Å². The van der Waals surface area contributed by atoms with Gasteiger partial charge in [-0.2, -0.15) is 0 Å². The monoisotopic (exact) mass is 288 g/mol. The molecule has 104 valence electrons. The van der Waals surface area contributed by atoms with Gasteiger partial charge in [-0.15, -0.1) is 0 Å². The van der Waals surface area contributed by atoms with Gasteiger partial charge < -0.3 is 40.5 Å². The molecule has 2 heterocycles. The van der Waals surface area contributed by atoms with Crippen molar-refractivity contribution in [3.63, 3.8) is 0 Å². The predicted octanol–water partition coefficient (Wildman–Crippen LogP) is -0.871. The minimum absolute atomic E-state index is 0.307. The van der Waals surface area contributed by atoms with Crippen LogP contribution in [-0.4, -0.2) is 39.7 Å². The van der Waals surface area contributed by atoms with Crippen molar-refractivity contribution in [2.75, 3.05) is 0 Å². The van der Waals surface area contributed by atoms with Crippen LogP contribution in [0.3, 0.4) is 0 Å². The summed E-state index contributed by atoms with van der Waals surface area (Å²) >= 11 is 0. The second-order valence-electron chi connectivity index (χ2n) is 3.11. The molecule has 0 radical (unpaired) electrons. The first kappa shape index (κ1) is 12.7. The van der Waals surface area contributed by atoms with Crippen molar-refractivity contribution in [2.45, 2.75) is 0 Å². The van der Waals surface area contributed by atoms with E-state index < -0.39 is 42.6 Å². The number of nitrogens with zero attached hydrogens (tertiary/aromatic N) is 8. The first-order valence-electron chi connectivity index (χ1n) is 4.35. The minimum Gasteiger partial charge on any atom is -0.358 e. The maximum atomic E-state index is 10.7. The molecule has 0 bridgehead atoms. The van der Waals surface area contributed by atoms with Crippen LogP contribution in [0.2, 0.25) is 0 Å². The van der Waals surface area contributed by atoms with Gasteiger partial charge in [0.2, 0.25) is 0 Å². The molecule has 0 atom stereocenters. The first-order valence-corrected chi connectivity index (χ1v) is 4.35. The number of fused-ring (bicyclic) bond motifs is 1. The van der Waals surface area contributed by atoms with Crippen LogP contribution in [0.5, 0.6) is 0 Å². The Labute approximate surface area is 104 Å². The Bertz CT molecular complexity index is 661. The van der Waals surface area contributed by atoms with E-state index in [-0.39, 0.29) is 9.58 Å². The largest absolute Gasteiger partial charge is 0.427 e. The van der Waals surface area contributed by atoms with Crippen LogP contribution < -0.4 is 0 Å². The van der Waals surface area contributed by atoms with Crippen molar-refractivity contribution in [3.8, 4) is 0 Å². The molecule has 0 aliphatic carbocycles. The molecule has 16 heteroatoms. The molecule has 0 amide bonds. The second kappa shape index (κ2) is 3.90. The summed E-state index contributed by atoms with van der Waals surface area (Å²) in [5.74, 6) is -2.59. The SMILES string of the molecule is O=[N+]([O-])c1nn([N+](=O)[O-])c2c([N+](=O)[O-])nn([N+](=O)[O-])c12. The van der Waals surface area contributed by atoms with Crippen LogP contribution in [0.4, 0.5) is 11.6 Å². The molecule has 0 saturated carbocycles. The fourth-order valence-electron chi connectivity index (χ4n) is 1.44. The lowest BCUT2D eigenvalue weighted by molar-refractivity contribution is -0.551. The van der Waals surface area contributed by atoms with Crippen LogP contribution in [0, 0.1) is 40.5 Å². The van der Waals surface area contributed by atoms with E-state index in [9.17, 15) is 40.5 Å². The molecule has 2 rings (SSSR count). The smallest absolute Gasteiger partial charge is 0.358 e. The summed E-state index contributed by atoms with van der Waals surface area (Å²) in [4.78, 5) is 39.5. The molecule has 0 unspecified atom stereocenters. The summed E-state index contributed by atoms with van der Waals surface area (Å²) in [5.41, 5.74) is -2.10. The zero-order valence-corrected chi connectivity index (χ0v) is 8.84. The van der Waals surface area contributed by atoms with Gasteiger partial charge in [-0.1, -0.05) is 0 Å². The highest BCUT2D eigenvalue weighted by Gasteiger charge is 2.41. The van der Waals surface area contributed by atoms with Gasteiger partial charge in [0.1, 0.15) is 10.2 Å². The van der Waals surface area contributed by atoms with Gasteiger partial charge in [-0.25, -0.2) is 0 Å². The maximum Gasteiger partial charge on any atom is 0.427 e. The molecule has 2 aromatic heterocycles. The van der Waals surface area contributed by atoms with Crippen molar-refractivity contribution >= 4 is 22.7 Å². The number of hydrogen-bond acceptors (Lipinski definition) is 10. The van der Waals surface area contributed by atoms with E-state index >= 15 is 0 Å². The number of rotatable bonds is 4. The van der Waals surface area contributed by atoms with Crippen molar-refractivity contribution in [1.29, 1.82) is 0 Å². The highest BCUT2D eigenvalue weighted by molar-refractivity contribution is 5.89. The van der Waals surface area contributed by atoms with Crippen LogP contribution in [0.25, 0.3) is 11.0 Å². The zero-order valence-electron chi connectivity index (χ0n) is 8.84. The summed E-state index contributed by atoms with van der Waals surface area (Å²) in [5, 5.41) is 45.8. The molecule has 20 heavy (non-hydrogen) atoms. The Balaban J connectivity index is 3.05. The van der Waals surface area contributed by atoms with Crippen molar-refractivity contribution < 1.29 is 19.9 Å². The van der Waals surface area contributed by atoms with Gasteiger partial charge >= 0.3 is 11.6 Å². The highest BCUT2D eigenvalue weighted by atomic mass is 16.7. The third-order valence-electron chi connectivity index (χ3n) is 2.08.